The van der Waals surface area contributed by atoms with Gasteiger partial charge in [-0.25, -0.2) is 0 Å². The zero-order chi connectivity index (χ0) is 24.9. The van der Waals surface area contributed by atoms with Crippen molar-refractivity contribution in [3.8, 4) is 22.6 Å². The van der Waals surface area contributed by atoms with Crippen LogP contribution in [0.1, 0.15) is 38.2 Å². The van der Waals surface area contributed by atoms with Crippen molar-refractivity contribution in [3.63, 3.8) is 0 Å². The van der Waals surface area contributed by atoms with Crippen LogP contribution in [0.5, 0.6) is 11.5 Å². The van der Waals surface area contributed by atoms with E-state index in [1.54, 1.807) is 0 Å². The molecule has 0 amide bonds. The first-order valence-electron chi connectivity index (χ1n) is 10.7. The van der Waals surface area contributed by atoms with E-state index >= 15 is 0 Å². The Hall–Kier alpha value is -2.42. The van der Waals surface area contributed by atoms with Crippen LogP contribution in [0.4, 0.5) is 26.3 Å². The highest BCUT2D eigenvalue weighted by Gasteiger charge is 2.62. The zero-order valence-corrected chi connectivity index (χ0v) is 18.8. The van der Waals surface area contributed by atoms with Gasteiger partial charge in [-0.05, 0) is 54.4 Å². The molecule has 0 bridgehead atoms. The van der Waals surface area contributed by atoms with Gasteiger partial charge in [0.05, 0.1) is 16.5 Å². The molecule has 0 N–H and O–H groups in total. The molecule has 2 saturated carbocycles. The Morgan fingerprint density at radius 1 is 1.06 bits per heavy atom. The third-order valence-electron chi connectivity index (χ3n) is 6.63. The van der Waals surface area contributed by atoms with Crippen molar-refractivity contribution >= 4 is 17.6 Å². The maximum Gasteiger partial charge on any atom is 0.422 e. The first kappa shape index (κ1) is 24.7. The summed E-state index contributed by atoms with van der Waals surface area (Å²) < 4.78 is 87.3. The van der Waals surface area contributed by atoms with E-state index in [9.17, 15) is 31.1 Å². The Morgan fingerprint density at radius 2 is 1.71 bits per heavy atom. The predicted octanol–water partition coefficient (Wildman–Crippen LogP) is 7.70. The molecule has 1 atom stereocenters. The van der Waals surface area contributed by atoms with Crippen LogP contribution in [0.3, 0.4) is 0 Å². The largest absolute Gasteiger partial charge is 0.482 e. The van der Waals surface area contributed by atoms with Crippen molar-refractivity contribution in [2.45, 2.75) is 45.0 Å². The Morgan fingerprint density at radius 3 is 2.24 bits per heavy atom. The average Bonchev–Trinajstić information content (AvgIpc) is 3.45. The van der Waals surface area contributed by atoms with Crippen LogP contribution in [0.2, 0.25) is 5.02 Å². The molecule has 0 radical (unpaired) electrons. The van der Waals surface area contributed by atoms with Gasteiger partial charge < -0.3 is 9.47 Å². The van der Waals surface area contributed by atoms with Crippen LogP contribution >= 0.6 is 11.6 Å². The Labute approximate surface area is 197 Å². The summed E-state index contributed by atoms with van der Waals surface area (Å²) in [5, 5.41) is -0.261. The molecule has 0 saturated heterocycles. The highest BCUT2D eigenvalue weighted by atomic mass is 35.5. The number of hydrogen-bond acceptors (Lipinski definition) is 3. The minimum atomic E-state index is -4.66. The standard InChI is InChI=1S/C24H21ClF6O3/c1-2-15-11-22(15)9-14(10-22)21(32)34-17-7-18(13-3-5-16(6-4-13)24(29,30)31)20(19(25)8-17)33-12-23(26,27)28/h3-8,14-15H,2,9-12H2,1H3. The molecule has 10 heteroatoms. The van der Waals surface area contributed by atoms with Gasteiger partial charge in [0.1, 0.15) is 11.5 Å². The molecule has 2 aliphatic rings. The van der Waals surface area contributed by atoms with Crippen LogP contribution in [0, 0.1) is 17.3 Å². The fourth-order valence-electron chi connectivity index (χ4n) is 4.78. The number of ether oxygens (including phenoxy) is 2. The maximum atomic E-state index is 12.9. The number of benzene rings is 2. The summed E-state index contributed by atoms with van der Waals surface area (Å²) in [7, 11) is 0. The second-order valence-corrected chi connectivity index (χ2v) is 9.37. The van der Waals surface area contributed by atoms with Gasteiger partial charge in [-0.15, -0.1) is 0 Å². The van der Waals surface area contributed by atoms with Crippen molar-refractivity contribution in [2.24, 2.45) is 17.3 Å². The highest BCUT2D eigenvalue weighted by molar-refractivity contribution is 6.32. The van der Waals surface area contributed by atoms with Gasteiger partial charge in [0.2, 0.25) is 0 Å². The molecule has 34 heavy (non-hydrogen) atoms. The lowest BCUT2D eigenvalue weighted by Gasteiger charge is -2.35. The molecule has 0 heterocycles. The Bertz CT molecular complexity index is 1070. The fourth-order valence-corrected chi connectivity index (χ4v) is 5.04. The van der Waals surface area contributed by atoms with Crippen LogP contribution in [-0.2, 0) is 11.0 Å². The van der Waals surface area contributed by atoms with E-state index in [1.807, 2.05) is 0 Å². The summed E-state index contributed by atoms with van der Waals surface area (Å²) in [5.41, 5.74) is -0.591. The zero-order valence-electron chi connectivity index (χ0n) is 18.0. The second kappa shape index (κ2) is 8.66. The monoisotopic (exact) mass is 506 g/mol. The number of halogens is 7. The molecule has 3 nitrogen and oxygen atoms in total. The molecule has 2 aliphatic carbocycles. The lowest BCUT2D eigenvalue weighted by molar-refractivity contribution is -0.153. The summed E-state index contributed by atoms with van der Waals surface area (Å²) in [5.74, 6) is -0.503. The molecule has 2 fully saturated rings. The topological polar surface area (TPSA) is 35.5 Å². The second-order valence-electron chi connectivity index (χ2n) is 8.96. The maximum absolute atomic E-state index is 12.9. The van der Waals surface area contributed by atoms with Crippen molar-refractivity contribution in [1.82, 2.24) is 0 Å². The molecular formula is C24H21ClF6O3. The van der Waals surface area contributed by atoms with Gasteiger partial charge in [-0.1, -0.05) is 37.1 Å². The number of rotatable bonds is 6. The predicted molar refractivity (Wildman–Crippen MR) is 113 cm³/mol. The van der Waals surface area contributed by atoms with E-state index in [0.29, 0.717) is 5.92 Å². The lowest BCUT2D eigenvalue weighted by Crippen LogP contribution is -2.35. The van der Waals surface area contributed by atoms with Gasteiger partial charge >= 0.3 is 18.3 Å². The van der Waals surface area contributed by atoms with Crippen molar-refractivity contribution in [1.29, 1.82) is 0 Å². The van der Waals surface area contributed by atoms with Crippen molar-refractivity contribution in [2.75, 3.05) is 6.61 Å². The van der Waals surface area contributed by atoms with E-state index in [1.165, 1.54) is 12.1 Å². The molecular weight excluding hydrogens is 486 g/mol. The van der Waals surface area contributed by atoms with Gasteiger partial charge in [0, 0.05) is 11.6 Å². The first-order chi connectivity index (χ1) is 15.8. The molecule has 184 valence electrons. The third-order valence-corrected chi connectivity index (χ3v) is 6.91. The number of alkyl halides is 6. The quantitative estimate of drug-likeness (QED) is 0.229. The molecule has 2 aromatic rings. The van der Waals surface area contributed by atoms with Gasteiger partial charge in [-0.3, -0.25) is 4.79 Å². The van der Waals surface area contributed by atoms with E-state index in [4.69, 9.17) is 21.1 Å². The number of carbonyl (C=O) groups excluding carboxylic acids is 1. The molecule has 2 aromatic carbocycles. The summed E-state index contributed by atoms with van der Waals surface area (Å²) in [6, 6.07) is 6.19. The Kier molecular flexibility index (Phi) is 6.29. The van der Waals surface area contributed by atoms with E-state index in [-0.39, 0.29) is 39.0 Å². The van der Waals surface area contributed by atoms with Gasteiger partial charge in [0.15, 0.2) is 6.61 Å². The summed E-state index contributed by atoms with van der Waals surface area (Å²) in [6.45, 7) is 0.459. The molecule has 0 aromatic heterocycles. The third kappa shape index (κ3) is 5.14. The smallest absolute Gasteiger partial charge is 0.422 e. The van der Waals surface area contributed by atoms with Crippen LogP contribution in [0.15, 0.2) is 36.4 Å². The number of hydrogen-bond donors (Lipinski definition) is 0. The van der Waals surface area contributed by atoms with Crippen LogP contribution in [-0.4, -0.2) is 18.8 Å². The summed E-state index contributed by atoms with van der Waals surface area (Å²) >= 11 is 6.16. The van der Waals surface area contributed by atoms with Crippen LogP contribution in [0.25, 0.3) is 11.1 Å². The van der Waals surface area contributed by atoms with Crippen molar-refractivity contribution < 1.29 is 40.6 Å². The Balaban J connectivity index is 1.59. The molecule has 1 spiro atoms. The van der Waals surface area contributed by atoms with E-state index < -0.39 is 30.5 Å². The lowest BCUT2D eigenvalue weighted by atomic mass is 9.70. The van der Waals surface area contributed by atoms with Gasteiger partial charge in [0.25, 0.3) is 0 Å². The summed E-state index contributed by atoms with van der Waals surface area (Å²) in [4.78, 5) is 12.6. The highest BCUT2D eigenvalue weighted by Crippen LogP contribution is 2.68. The van der Waals surface area contributed by atoms with E-state index in [2.05, 4.69) is 6.92 Å². The fraction of sp³-hybridized carbons (Fsp3) is 0.458. The molecule has 0 aliphatic heterocycles. The van der Waals surface area contributed by atoms with Crippen molar-refractivity contribution in [3.05, 3.63) is 47.0 Å². The molecule has 4 rings (SSSR count). The first-order valence-corrected chi connectivity index (χ1v) is 11.1. The average molecular weight is 507 g/mol. The van der Waals surface area contributed by atoms with Gasteiger partial charge in [-0.2, -0.15) is 26.3 Å². The minimum absolute atomic E-state index is 0.0203. The van der Waals surface area contributed by atoms with Crippen LogP contribution < -0.4 is 9.47 Å². The normalized spacial score (nSPS) is 24.0. The SMILES string of the molecule is CCC1CC12CC(C(=O)Oc1cc(Cl)c(OCC(F)(F)F)c(-c3ccc(C(F)(F)F)cc3)c1)C2. The van der Waals surface area contributed by atoms with E-state index in [0.717, 1.165) is 49.9 Å². The minimum Gasteiger partial charge on any atom is -0.482 e. The molecule has 1 unspecified atom stereocenters. The number of esters is 1. The summed E-state index contributed by atoms with van der Waals surface area (Å²) in [6.07, 6.45) is -5.62. The number of carbonyl (C=O) groups is 1.